The zero-order chi connectivity index (χ0) is 27.8. The van der Waals surface area contributed by atoms with Crippen LogP contribution in [0.1, 0.15) is 84.1 Å². The summed E-state index contributed by atoms with van der Waals surface area (Å²) in [4.78, 5) is 8.54. The molecule has 2 aliphatic carbocycles. The normalized spacial score (nSPS) is 28.2. The maximum atomic E-state index is 14.6. The third-order valence-electron chi connectivity index (χ3n) is 8.95. The lowest BCUT2D eigenvalue weighted by molar-refractivity contribution is 0.00748. The van der Waals surface area contributed by atoms with Crippen LogP contribution in [0.2, 0.25) is 5.02 Å². The van der Waals surface area contributed by atoms with E-state index in [9.17, 15) is 9.50 Å². The molecule has 1 heterocycles. The molecule has 1 aromatic heterocycles. The fourth-order valence-electron chi connectivity index (χ4n) is 6.49. The Morgan fingerprint density at radius 2 is 1.82 bits per heavy atom. The molecule has 2 fully saturated rings. The molecule has 216 valence electrons. The van der Waals surface area contributed by atoms with Crippen LogP contribution in [0.25, 0.3) is 0 Å². The summed E-state index contributed by atoms with van der Waals surface area (Å²) < 4.78 is 14.6. The summed E-state index contributed by atoms with van der Waals surface area (Å²) in [7, 11) is 0. The highest BCUT2D eigenvalue weighted by molar-refractivity contribution is 6.31. The largest absolute Gasteiger partial charge is 0.390 e. The Bertz CT molecular complexity index is 1040. The highest BCUT2D eigenvalue weighted by Gasteiger charge is 2.33. The van der Waals surface area contributed by atoms with Crippen molar-refractivity contribution in [3.8, 4) is 0 Å². The zero-order valence-corrected chi connectivity index (χ0v) is 24.6. The van der Waals surface area contributed by atoms with Crippen LogP contribution in [-0.4, -0.2) is 39.8 Å². The minimum Gasteiger partial charge on any atom is -0.390 e. The molecule has 0 radical (unpaired) electrons. The number of aliphatic hydroxyl groups is 1. The number of benzene rings is 1. The number of hydrogen-bond donors (Lipinski definition) is 4. The Morgan fingerprint density at radius 1 is 1.08 bits per heavy atom. The number of nitrogens with zero attached hydrogens (tertiary/aromatic N) is 2. The number of aromatic nitrogens is 2. The molecule has 0 amide bonds. The van der Waals surface area contributed by atoms with Gasteiger partial charge in [-0.05, 0) is 101 Å². The molecule has 2 aliphatic rings. The van der Waals surface area contributed by atoms with Crippen molar-refractivity contribution >= 4 is 23.4 Å². The SMILES string of the molecule is CCCC1C[C@@H](CNc2nc(NCc3ccccc3Cl)ncc2F)C[C@H]([C@H](C)NC[C@H]2CC[C@](C)(O)CC2)C1. The second-order valence-corrected chi connectivity index (χ2v) is 12.7. The second-order valence-electron chi connectivity index (χ2n) is 12.3. The van der Waals surface area contributed by atoms with Gasteiger partial charge in [0.2, 0.25) is 5.95 Å². The average Bonchev–Trinajstić information content (AvgIpc) is 2.92. The average molecular weight is 560 g/mol. The monoisotopic (exact) mass is 559 g/mol. The van der Waals surface area contributed by atoms with E-state index in [4.69, 9.17) is 11.6 Å². The van der Waals surface area contributed by atoms with Gasteiger partial charge in [0.25, 0.3) is 0 Å². The van der Waals surface area contributed by atoms with Crippen LogP contribution in [0, 0.1) is 29.5 Å². The summed E-state index contributed by atoms with van der Waals surface area (Å²) >= 11 is 6.25. The van der Waals surface area contributed by atoms with Crippen molar-refractivity contribution < 1.29 is 9.50 Å². The summed E-state index contributed by atoms with van der Waals surface area (Å²) in [5.41, 5.74) is 0.462. The molecule has 4 N–H and O–H groups in total. The second kappa shape index (κ2) is 14.1. The van der Waals surface area contributed by atoms with Crippen molar-refractivity contribution in [3.05, 3.63) is 46.9 Å². The lowest BCUT2D eigenvalue weighted by Crippen LogP contribution is -2.42. The molecule has 4 rings (SSSR count). The topological polar surface area (TPSA) is 82.1 Å². The van der Waals surface area contributed by atoms with E-state index in [2.05, 4.69) is 39.8 Å². The molecule has 2 aromatic rings. The number of anilines is 2. The molecule has 8 heteroatoms. The predicted octanol–water partition coefficient (Wildman–Crippen LogP) is 7.05. The van der Waals surface area contributed by atoms with Crippen LogP contribution in [0.5, 0.6) is 0 Å². The molecule has 0 bridgehead atoms. The van der Waals surface area contributed by atoms with E-state index >= 15 is 0 Å². The summed E-state index contributed by atoms with van der Waals surface area (Å²) in [6, 6.07) is 8.06. The maximum absolute atomic E-state index is 14.6. The van der Waals surface area contributed by atoms with Crippen molar-refractivity contribution in [2.75, 3.05) is 23.7 Å². The highest BCUT2D eigenvalue weighted by Crippen LogP contribution is 2.38. The number of halogens is 2. The van der Waals surface area contributed by atoms with E-state index in [0.717, 1.165) is 44.2 Å². The first kappa shape index (κ1) is 30.0. The van der Waals surface area contributed by atoms with Gasteiger partial charge in [-0.2, -0.15) is 4.98 Å². The number of rotatable bonds is 12. The predicted molar refractivity (Wildman–Crippen MR) is 159 cm³/mol. The van der Waals surface area contributed by atoms with E-state index in [1.165, 1.54) is 31.9 Å². The van der Waals surface area contributed by atoms with Gasteiger partial charge in [-0.25, -0.2) is 9.37 Å². The zero-order valence-electron chi connectivity index (χ0n) is 23.9. The van der Waals surface area contributed by atoms with Gasteiger partial charge < -0.3 is 21.1 Å². The van der Waals surface area contributed by atoms with Crippen molar-refractivity contribution in [1.29, 1.82) is 0 Å². The third kappa shape index (κ3) is 9.02. The van der Waals surface area contributed by atoms with Crippen LogP contribution in [0.3, 0.4) is 0 Å². The number of nitrogens with one attached hydrogen (secondary N) is 3. The van der Waals surface area contributed by atoms with Gasteiger partial charge in [0, 0.05) is 24.2 Å². The number of hydrogen-bond acceptors (Lipinski definition) is 6. The quantitative estimate of drug-likeness (QED) is 0.223. The van der Waals surface area contributed by atoms with Crippen LogP contribution in [0.15, 0.2) is 30.5 Å². The van der Waals surface area contributed by atoms with Gasteiger partial charge in [-0.3, -0.25) is 0 Å². The molecule has 0 spiro atoms. The van der Waals surface area contributed by atoms with Crippen molar-refractivity contribution in [1.82, 2.24) is 15.3 Å². The van der Waals surface area contributed by atoms with Gasteiger partial charge in [-0.1, -0.05) is 49.6 Å². The first-order chi connectivity index (χ1) is 18.7. The van der Waals surface area contributed by atoms with E-state index in [1.54, 1.807) is 0 Å². The fraction of sp³-hybridized carbons (Fsp3) is 0.677. The van der Waals surface area contributed by atoms with E-state index in [-0.39, 0.29) is 5.82 Å². The third-order valence-corrected chi connectivity index (χ3v) is 9.32. The minimum absolute atomic E-state index is 0.250. The van der Waals surface area contributed by atoms with Gasteiger partial charge in [0.15, 0.2) is 11.6 Å². The van der Waals surface area contributed by atoms with E-state index in [0.29, 0.717) is 53.8 Å². The lowest BCUT2D eigenvalue weighted by Gasteiger charge is -2.39. The molecule has 6 nitrogen and oxygen atoms in total. The summed E-state index contributed by atoms with van der Waals surface area (Å²) in [5.74, 6) is 2.64. The van der Waals surface area contributed by atoms with Crippen LogP contribution in [0.4, 0.5) is 16.2 Å². The van der Waals surface area contributed by atoms with Gasteiger partial charge in [-0.15, -0.1) is 0 Å². The summed E-state index contributed by atoms with van der Waals surface area (Å²) in [6.07, 6.45) is 11.2. The summed E-state index contributed by atoms with van der Waals surface area (Å²) in [6.45, 7) is 8.78. The van der Waals surface area contributed by atoms with Gasteiger partial charge in [0.05, 0.1) is 11.8 Å². The molecule has 39 heavy (non-hydrogen) atoms. The van der Waals surface area contributed by atoms with E-state index < -0.39 is 11.4 Å². The van der Waals surface area contributed by atoms with Crippen molar-refractivity contribution in [3.63, 3.8) is 0 Å². The molecule has 1 aromatic carbocycles. The van der Waals surface area contributed by atoms with Crippen LogP contribution < -0.4 is 16.0 Å². The lowest BCUT2D eigenvalue weighted by atomic mass is 9.71. The minimum atomic E-state index is -0.478. The molecule has 1 unspecified atom stereocenters. The Kier molecular flexibility index (Phi) is 10.8. The molecular formula is C31H47ClFN5O. The first-order valence-corrected chi connectivity index (χ1v) is 15.3. The van der Waals surface area contributed by atoms with Crippen molar-refractivity contribution in [2.45, 2.75) is 96.7 Å². The summed E-state index contributed by atoms with van der Waals surface area (Å²) in [5, 5.41) is 21.3. The standard InChI is InChI=1S/C31H47ClFN5O/c1-4-7-23-14-24(16-26(15-23)21(2)34-17-22-10-12-31(3,39)13-11-22)18-35-29-28(33)20-37-30(38-29)36-19-25-8-5-6-9-27(25)32/h5-6,8-9,20-24,26,34,39H,4,7,10-19H2,1-3H3,(H2,35,36,37,38)/t21-,22-,23?,24+,26+,31-/m0/s1. The van der Waals surface area contributed by atoms with Gasteiger partial charge >= 0.3 is 0 Å². The van der Waals surface area contributed by atoms with Crippen molar-refractivity contribution in [2.24, 2.45) is 23.7 Å². The van der Waals surface area contributed by atoms with Crippen LogP contribution >= 0.6 is 11.6 Å². The smallest absolute Gasteiger partial charge is 0.225 e. The van der Waals surface area contributed by atoms with Gasteiger partial charge in [0.1, 0.15) is 0 Å². The molecule has 4 atom stereocenters. The van der Waals surface area contributed by atoms with Crippen LogP contribution in [-0.2, 0) is 6.54 Å². The highest BCUT2D eigenvalue weighted by atomic mass is 35.5. The Hall–Kier alpha value is -1.96. The Labute approximate surface area is 238 Å². The molecule has 0 saturated heterocycles. The molecular weight excluding hydrogens is 513 g/mol. The first-order valence-electron chi connectivity index (χ1n) is 14.9. The molecule has 2 saturated carbocycles. The molecule has 0 aliphatic heterocycles. The maximum Gasteiger partial charge on any atom is 0.225 e. The Morgan fingerprint density at radius 3 is 2.56 bits per heavy atom. The Balaban J connectivity index is 1.30. The van der Waals surface area contributed by atoms with E-state index in [1.807, 2.05) is 31.2 Å². The fourth-order valence-corrected chi connectivity index (χ4v) is 6.69.